The Morgan fingerprint density at radius 3 is 2.47 bits per heavy atom. The second-order valence-electron chi connectivity index (χ2n) is 5.36. The highest BCUT2D eigenvalue weighted by molar-refractivity contribution is 4.83. The Morgan fingerprint density at radius 1 is 1.20 bits per heavy atom. The highest BCUT2D eigenvalue weighted by Crippen LogP contribution is 2.21. The van der Waals surface area contributed by atoms with Gasteiger partial charge in [0.25, 0.3) is 0 Å². The van der Waals surface area contributed by atoms with E-state index in [2.05, 4.69) is 26.1 Å². The fourth-order valence-electron chi connectivity index (χ4n) is 2.71. The van der Waals surface area contributed by atoms with Crippen LogP contribution in [0.25, 0.3) is 0 Å². The molecule has 0 bridgehead atoms. The van der Waals surface area contributed by atoms with Crippen LogP contribution >= 0.6 is 0 Å². The van der Waals surface area contributed by atoms with E-state index < -0.39 is 0 Å². The number of nitrogens with one attached hydrogen (secondary N) is 1. The minimum atomic E-state index is 0.438. The van der Waals surface area contributed by atoms with Gasteiger partial charge >= 0.3 is 0 Å². The van der Waals surface area contributed by atoms with Gasteiger partial charge in [0, 0.05) is 19.2 Å². The molecular weight excluding hydrogens is 186 g/mol. The lowest BCUT2D eigenvalue weighted by Crippen LogP contribution is -2.47. The molecule has 1 N–H and O–H groups in total. The average molecular weight is 213 g/mol. The van der Waals surface area contributed by atoms with E-state index >= 15 is 0 Å². The monoisotopic (exact) mass is 213 g/mol. The van der Waals surface area contributed by atoms with Crippen LogP contribution in [-0.2, 0) is 4.74 Å². The molecule has 1 fully saturated rings. The number of hydrogen-bond donors (Lipinski definition) is 1. The summed E-state index contributed by atoms with van der Waals surface area (Å²) in [7, 11) is 1.85. The first-order chi connectivity index (χ1) is 7.13. The Kier molecular flexibility index (Phi) is 5.62. The largest absolute Gasteiger partial charge is 0.380 e. The van der Waals surface area contributed by atoms with Crippen LogP contribution in [0.4, 0.5) is 0 Å². The zero-order chi connectivity index (χ0) is 11.3. The van der Waals surface area contributed by atoms with Gasteiger partial charge in [-0.2, -0.15) is 0 Å². The molecule has 1 aliphatic carbocycles. The molecule has 0 saturated heterocycles. The third-order valence-corrected chi connectivity index (χ3v) is 3.33. The van der Waals surface area contributed by atoms with E-state index in [0.717, 1.165) is 5.92 Å². The second-order valence-corrected chi connectivity index (χ2v) is 5.36. The summed E-state index contributed by atoms with van der Waals surface area (Å²) in [5.74, 6) is 0.775. The van der Waals surface area contributed by atoms with Crippen molar-refractivity contribution in [2.45, 2.75) is 71.1 Å². The van der Waals surface area contributed by atoms with Gasteiger partial charge in [-0.25, -0.2) is 0 Å². The maximum Gasteiger partial charge on any atom is 0.0724 e. The summed E-state index contributed by atoms with van der Waals surface area (Å²) in [6.45, 7) is 6.86. The summed E-state index contributed by atoms with van der Waals surface area (Å²) in [5.41, 5.74) is 0. The average Bonchev–Trinajstić information content (AvgIpc) is 2.17. The van der Waals surface area contributed by atoms with E-state index in [1.807, 2.05) is 7.11 Å². The van der Waals surface area contributed by atoms with Gasteiger partial charge in [-0.3, -0.25) is 0 Å². The molecular formula is C13H27NO. The van der Waals surface area contributed by atoms with E-state index in [1.54, 1.807) is 0 Å². The number of methoxy groups -OCH3 is 1. The zero-order valence-corrected chi connectivity index (χ0v) is 10.8. The van der Waals surface area contributed by atoms with Crippen molar-refractivity contribution < 1.29 is 4.74 Å². The lowest BCUT2D eigenvalue weighted by atomic mass is 9.91. The van der Waals surface area contributed by atoms with E-state index in [-0.39, 0.29) is 0 Å². The van der Waals surface area contributed by atoms with Gasteiger partial charge in [-0.15, -0.1) is 0 Å². The van der Waals surface area contributed by atoms with Crippen molar-refractivity contribution in [3.8, 4) is 0 Å². The van der Waals surface area contributed by atoms with Crippen LogP contribution in [-0.4, -0.2) is 25.3 Å². The van der Waals surface area contributed by atoms with Gasteiger partial charge in [0.2, 0.25) is 0 Å². The summed E-state index contributed by atoms with van der Waals surface area (Å²) in [4.78, 5) is 0. The molecule has 90 valence electrons. The van der Waals surface area contributed by atoms with Crippen LogP contribution in [0.1, 0.15) is 52.9 Å². The molecule has 3 unspecified atom stereocenters. The second kappa shape index (κ2) is 6.49. The van der Waals surface area contributed by atoms with E-state index in [9.17, 15) is 0 Å². The van der Waals surface area contributed by atoms with Crippen molar-refractivity contribution >= 4 is 0 Å². The van der Waals surface area contributed by atoms with Crippen molar-refractivity contribution in [3.63, 3.8) is 0 Å². The Balaban J connectivity index is 2.33. The minimum absolute atomic E-state index is 0.438. The third kappa shape index (κ3) is 4.52. The molecule has 1 rings (SSSR count). The van der Waals surface area contributed by atoms with Gasteiger partial charge in [-0.1, -0.05) is 26.7 Å². The Morgan fingerprint density at radius 2 is 1.87 bits per heavy atom. The van der Waals surface area contributed by atoms with Gasteiger partial charge in [-0.05, 0) is 32.1 Å². The van der Waals surface area contributed by atoms with E-state index in [4.69, 9.17) is 4.74 Å². The maximum absolute atomic E-state index is 5.55. The van der Waals surface area contributed by atoms with Crippen LogP contribution in [0.5, 0.6) is 0 Å². The van der Waals surface area contributed by atoms with Gasteiger partial charge in [0.1, 0.15) is 0 Å². The van der Waals surface area contributed by atoms with Crippen molar-refractivity contribution in [3.05, 3.63) is 0 Å². The standard InChI is InChI=1S/C13H27NO/c1-10(2)9-11(3)14-12-7-5-6-8-13(12)15-4/h10-14H,5-9H2,1-4H3. The summed E-state index contributed by atoms with van der Waals surface area (Å²) < 4.78 is 5.55. The number of ether oxygens (including phenoxy) is 1. The molecule has 0 aliphatic heterocycles. The molecule has 0 heterocycles. The molecule has 0 radical (unpaired) electrons. The van der Waals surface area contributed by atoms with Gasteiger partial charge < -0.3 is 10.1 Å². The number of rotatable bonds is 5. The first-order valence-electron chi connectivity index (χ1n) is 6.42. The molecule has 1 saturated carbocycles. The van der Waals surface area contributed by atoms with E-state index in [1.165, 1.54) is 32.1 Å². The maximum atomic E-state index is 5.55. The molecule has 1 aliphatic rings. The predicted molar refractivity (Wildman–Crippen MR) is 65.1 cm³/mol. The van der Waals surface area contributed by atoms with Crippen molar-refractivity contribution in [2.24, 2.45) is 5.92 Å². The van der Waals surface area contributed by atoms with Crippen molar-refractivity contribution in [1.82, 2.24) is 5.32 Å². The first-order valence-corrected chi connectivity index (χ1v) is 6.42. The topological polar surface area (TPSA) is 21.3 Å². The molecule has 0 aromatic rings. The molecule has 0 aromatic heterocycles. The molecule has 3 atom stereocenters. The normalized spacial score (nSPS) is 29.4. The van der Waals surface area contributed by atoms with Crippen LogP contribution in [0.2, 0.25) is 0 Å². The van der Waals surface area contributed by atoms with Crippen LogP contribution in [0.15, 0.2) is 0 Å². The van der Waals surface area contributed by atoms with Crippen molar-refractivity contribution in [2.75, 3.05) is 7.11 Å². The number of hydrogen-bond acceptors (Lipinski definition) is 2. The highest BCUT2D eigenvalue weighted by atomic mass is 16.5. The smallest absolute Gasteiger partial charge is 0.0724 e. The third-order valence-electron chi connectivity index (χ3n) is 3.33. The van der Waals surface area contributed by atoms with Crippen LogP contribution in [0.3, 0.4) is 0 Å². The molecule has 15 heavy (non-hydrogen) atoms. The van der Waals surface area contributed by atoms with Gasteiger partial charge in [0.15, 0.2) is 0 Å². The van der Waals surface area contributed by atoms with Crippen molar-refractivity contribution in [1.29, 1.82) is 0 Å². The lowest BCUT2D eigenvalue weighted by molar-refractivity contribution is 0.0376. The minimum Gasteiger partial charge on any atom is -0.380 e. The molecule has 2 heteroatoms. The Bertz CT molecular complexity index is 170. The highest BCUT2D eigenvalue weighted by Gasteiger charge is 2.25. The summed E-state index contributed by atoms with van der Waals surface area (Å²) in [5, 5.41) is 3.73. The quantitative estimate of drug-likeness (QED) is 0.758. The lowest BCUT2D eigenvalue weighted by Gasteiger charge is -2.33. The molecule has 2 nitrogen and oxygen atoms in total. The Labute approximate surface area is 94.8 Å². The fourth-order valence-corrected chi connectivity index (χ4v) is 2.71. The molecule has 0 aromatic carbocycles. The zero-order valence-electron chi connectivity index (χ0n) is 10.8. The fraction of sp³-hybridized carbons (Fsp3) is 1.00. The molecule has 0 spiro atoms. The SMILES string of the molecule is COC1CCCCC1NC(C)CC(C)C. The van der Waals surface area contributed by atoms with Gasteiger partial charge in [0.05, 0.1) is 6.10 Å². The van der Waals surface area contributed by atoms with E-state index in [0.29, 0.717) is 18.2 Å². The van der Waals surface area contributed by atoms with Crippen LogP contribution < -0.4 is 5.32 Å². The summed E-state index contributed by atoms with van der Waals surface area (Å²) in [6, 6.07) is 1.20. The van der Waals surface area contributed by atoms with Crippen LogP contribution in [0, 0.1) is 5.92 Å². The summed E-state index contributed by atoms with van der Waals surface area (Å²) in [6.07, 6.45) is 6.88. The first kappa shape index (κ1) is 13.0. The predicted octanol–water partition coefficient (Wildman–Crippen LogP) is 2.97. The molecule has 0 amide bonds. The Hall–Kier alpha value is -0.0800. The summed E-state index contributed by atoms with van der Waals surface area (Å²) >= 11 is 0.